The summed E-state index contributed by atoms with van der Waals surface area (Å²) in [7, 11) is 1.50. The molecule has 0 bridgehead atoms. The van der Waals surface area contributed by atoms with Gasteiger partial charge in [0, 0.05) is 16.3 Å². The maximum atomic E-state index is 12.6. The lowest BCUT2D eigenvalue weighted by Gasteiger charge is -2.25. The molecule has 0 aliphatic rings. The zero-order valence-electron chi connectivity index (χ0n) is 19.3. The number of aryl methyl sites for hydroxylation is 1. The number of halogens is 1. The summed E-state index contributed by atoms with van der Waals surface area (Å²) in [5.74, 6) is -0.630. The number of nitriles is 1. The quantitative estimate of drug-likeness (QED) is 0.345. The Hall–Kier alpha value is -3.34. The Labute approximate surface area is 199 Å². The Morgan fingerprint density at radius 3 is 2.52 bits per heavy atom. The predicted molar refractivity (Wildman–Crippen MR) is 129 cm³/mol. The van der Waals surface area contributed by atoms with E-state index in [2.05, 4.69) is 11.4 Å². The van der Waals surface area contributed by atoms with E-state index < -0.39 is 17.8 Å². The summed E-state index contributed by atoms with van der Waals surface area (Å²) in [5.41, 5.74) is 2.09. The number of allylic oxidation sites excluding steroid dienone is 1. The van der Waals surface area contributed by atoms with Gasteiger partial charge < -0.3 is 19.9 Å². The van der Waals surface area contributed by atoms with Crippen LogP contribution >= 0.6 is 11.6 Å². The van der Waals surface area contributed by atoms with Crippen LogP contribution in [0.3, 0.4) is 0 Å². The topological polar surface area (TPSA) is 115 Å². The fourth-order valence-corrected chi connectivity index (χ4v) is 3.60. The average Bonchev–Trinajstić information content (AvgIpc) is 2.78. The highest BCUT2D eigenvalue weighted by atomic mass is 35.5. The highest BCUT2D eigenvalue weighted by Gasteiger charge is 2.30. The number of methoxy groups -OCH3 is 1. The first kappa shape index (κ1) is 25.9. The van der Waals surface area contributed by atoms with E-state index in [4.69, 9.17) is 26.5 Å². The second kappa shape index (κ2) is 11.5. The Morgan fingerprint density at radius 2 is 1.97 bits per heavy atom. The van der Waals surface area contributed by atoms with Gasteiger partial charge in [-0.25, -0.2) is 4.79 Å². The number of nitrogens with one attached hydrogen (secondary N) is 2. The van der Waals surface area contributed by atoms with Crippen molar-refractivity contribution >= 4 is 29.0 Å². The summed E-state index contributed by atoms with van der Waals surface area (Å²) < 4.78 is 10.5. The molecule has 7 nitrogen and oxygen atoms in total. The number of carbonyl (C=O) groups is 1. The molecule has 2 rings (SSSR count). The monoisotopic (exact) mass is 469 g/mol. The number of aliphatic hydroxyl groups excluding tert-OH is 1. The summed E-state index contributed by atoms with van der Waals surface area (Å²) in [5, 5.41) is 33.0. The van der Waals surface area contributed by atoms with Crippen LogP contribution in [0.4, 0.5) is 5.69 Å². The van der Waals surface area contributed by atoms with Crippen LogP contribution in [0.2, 0.25) is 5.02 Å². The number of hydrogen-bond donors (Lipinski definition) is 3. The van der Waals surface area contributed by atoms with Crippen molar-refractivity contribution in [3.63, 3.8) is 0 Å². The molecule has 0 heterocycles. The number of aliphatic hydroxyl groups is 1. The minimum absolute atomic E-state index is 0.0679. The molecule has 0 fully saturated rings. The van der Waals surface area contributed by atoms with Gasteiger partial charge in [-0.15, -0.1) is 0 Å². The van der Waals surface area contributed by atoms with Crippen LogP contribution in [0.5, 0.6) is 5.75 Å². The maximum Gasteiger partial charge on any atom is 0.356 e. The van der Waals surface area contributed by atoms with Crippen molar-refractivity contribution in [1.82, 2.24) is 0 Å². The SMILES string of the molecule is CCOC(=O)C(=N)/C(=C(\Nc1cc(C#N)ccc1OC)C(C)C)C(O)c1ccc(Cl)cc1C. The van der Waals surface area contributed by atoms with Crippen molar-refractivity contribution < 1.29 is 19.4 Å². The Morgan fingerprint density at radius 1 is 1.27 bits per heavy atom. The van der Waals surface area contributed by atoms with Crippen LogP contribution < -0.4 is 10.1 Å². The molecule has 8 heteroatoms. The molecule has 0 radical (unpaired) electrons. The molecule has 174 valence electrons. The summed E-state index contributed by atoms with van der Waals surface area (Å²) in [6, 6.07) is 12.0. The molecular weight excluding hydrogens is 442 g/mol. The Kier molecular flexibility index (Phi) is 9.03. The summed E-state index contributed by atoms with van der Waals surface area (Å²) >= 11 is 6.08. The van der Waals surface area contributed by atoms with Crippen LogP contribution in [0.15, 0.2) is 47.7 Å². The van der Waals surface area contributed by atoms with E-state index in [1.54, 1.807) is 50.2 Å². The van der Waals surface area contributed by atoms with Gasteiger partial charge >= 0.3 is 5.97 Å². The third-order valence-corrected chi connectivity index (χ3v) is 5.25. The van der Waals surface area contributed by atoms with E-state index in [0.717, 1.165) is 0 Å². The van der Waals surface area contributed by atoms with Crippen LogP contribution in [0, 0.1) is 29.6 Å². The largest absolute Gasteiger partial charge is 0.495 e. The van der Waals surface area contributed by atoms with E-state index in [9.17, 15) is 15.2 Å². The molecule has 0 saturated carbocycles. The normalized spacial score (nSPS) is 12.5. The molecule has 0 aliphatic carbocycles. The fourth-order valence-electron chi connectivity index (χ4n) is 3.38. The third kappa shape index (κ3) is 6.13. The van der Waals surface area contributed by atoms with E-state index in [-0.39, 0.29) is 18.1 Å². The molecule has 0 amide bonds. The zero-order valence-corrected chi connectivity index (χ0v) is 20.1. The van der Waals surface area contributed by atoms with Crippen molar-refractivity contribution in [3.05, 3.63) is 69.4 Å². The van der Waals surface area contributed by atoms with E-state index in [1.165, 1.54) is 7.11 Å². The molecule has 2 aromatic carbocycles. The van der Waals surface area contributed by atoms with Crippen LogP contribution in [-0.2, 0) is 9.53 Å². The Bertz CT molecular complexity index is 1120. The number of anilines is 1. The second-order valence-corrected chi connectivity index (χ2v) is 8.07. The average molecular weight is 470 g/mol. The molecule has 33 heavy (non-hydrogen) atoms. The zero-order chi connectivity index (χ0) is 24.7. The Balaban J connectivity index is 2.75. The summed E-state index contributed by atoms with van der Waals surface area (Å²) in [6.45, 7) is 7.25. The van der Waals surface area contributed by atoms with Crippen molar-refractivity contribution in [2.75, 3.05) is 19.0 Å². The van der Waals surface area contributed by atoms with Crippen LogP contribution in [0.25, 0.3) is 0 Å². The van der Waals surface area contributed by atoms with Gasteiger partial charge in [-0.2, -0.15) is 5.26 Å². The van der Waals surface area contributed by atoms with Crippen molar-refractivity contribution in [3.8, 4) is 11.8 Å². The molecule has 1 unspecified atom stereocenters. The summed E-state index contributed by atoms with van der Waals surface area (Å²) in [4.78, 5) is 12.6. The first-order valence-electron chi connectivity index (χ1n) is 10.4. The lowest BCUT2D eigenvalue weighted by atomic mass is 9.89. The predicted octanol–water partition coefficient (Wildman–Crippen LogP) is 5.17. The third-order valence-electron chi connectivity index (χ3n) is 5.01. The molecule has 0 spiro atoms. The molecular formula is C25H28ClN3O4. The number of benzene rings is 2. The summed E-state index contributed by atoms with van der Waals surface area (Å²) in [6.07, 6.45) is -1.31. The second-order valence-electron chi connectivity index (χ2n) is 7.63. The highest BCUT2D eigenvalue weighted by molar-refractivity contribution is 6.42. The van der Waals surface area contributed by atoms with Gasteiger partial charge in [-0.1, -0.05) is 31.5 Å². The fraction of sp³-hybridized carbons (Fsp3) is 0.320. The van der Waals surface area contributed by atoms with Crippen molar-refractivity contribution in [2.24, 2.45) is 5.92 Å². The maximum absolute atomic E-state index is 12.6. The minimum Gasteiger partial charge on any atom is -0.495 e. The molecule has 0 aromatic heterocycles. The van der Waals surface area contributed by atoms with Gasteiger partial charge in [-0.05, 0) is 61.2 Å². The smallest absolute Gasteiger partial charge is 0.356 e. The van der Waals surface area contributed by atoms with Gasteiger partial charge in [0.15, 0.2) is 0 Å². The van der Waals surface area contributed by atoms with Crippen molar-refractivity contribution in [1.29, 1.82) is 10.7 Å². The number of esters is 1. The first-order chi connectivity index (χ1) is 15.6. The molecule has 0 saturated heterocycles. The molecule has 3 N–H and O–H groups in total. The van der Waals surface area contributed by atoms with Gasteiger partial charge in [0.2, 0.25) is 0 Å². The number of hydrogen-bond acceptors (Lipinski definition) is 7. The van der Waals surface area contributed by atoms with E-state index in [0.29, 0.717) is 38.8 Å². The lowest BCUT2D eigenvalue weighted by molar-refractivity contribution is -0.135. The van der Waals surface area contributed by atoms with Gasteiger partial charge in [-0.3, -0.25) is 5.41 Å². The first-order valence-corrected chi connectivity index (χ1v) is 10.8. The standard InChI is InChI=1S/C25H28ClN3O4/c1-6-33-25(31)22(28)21(24(30)18-9-8-17(26)11-15(18)4)23(14(2)3)29-19-12-16(13-27)7-10-20(19)32-5/h7-12,14,24,28-30H,6H2,1-5H3/b23-21+,28-22?. The van der Waals surface area contributed by atoms with Crippen LogP contribution in [-0.4, -0.2) is 30.5 Å². The lowest BCUT2D eigenvalue weighted by Crippen LogP contribution is -2.27. The molecule has 2 aromatic rings. The van der Waals surface area contributed by atoms with E-state index in [1.807, 2.05) is 13.8 Å². The molecule has 1 atom stereocenters. The van der Waals surface area contributed by atoms with Gasteiger partial charge in [0.05, 0.1) is 31.0 Å². The minimum atomic E-state index is -1.31. The number of carbonyl (C=O) groups excluding carboxylic acids is 1. The van der Waals surface area contributed by atoms with Crippen LogP contribution in [0.1, 0.15) is 43.6 Å². The molecule has 0 aliphatic heterocycles. The van der Waals surface area contributed by atoms with Crippen molar-refractivity contribution in [2.45, 2.75) is 33.8 Å². The van der Waals surface area contributed by atoms with Gasteiger partial charge in [0.1, 0.15) is 17.6 Å². The number of rotatable bonds is 9. The highest BCUT2D eigenvalue weighted by Crippen LogP contribution is 2.35. The van der Waals surface area contributed by atoms with E-state index >= 15 is 0 Å². The number of ether oxygens (including phenoxy) is 2. The number of nitrogens with zero attached hydrogens (tertiary/aromatic N) is 1. The van der Waals surface area contributed by atoms with Gasteiger partial charge in [0.25, 0.3) is 0 Å².